The van der Waals surface area contributed by atoms with Crippen LogP contribution < -0.4 is 0 Å². The summed E-state index contributed by atoms with van der Waals surface area (Å²) in [6, 6.07) is 0. The highest BCUT2D eigenvalue weighted by atomic mass is 16.5. The van der Waals surface area contributed by atoms with Gasteiger partial charge in [-0.3, -0.25) is 0 Å². The molecule has 0 unspecified atom stereocenters. The molecule has 1 aliphatic heterocycles. The molecule has 0 saturated carbocycles. The number of likely N-dealkylation sites (tertiary alicyclic amines) is 1. The maximum atomic E-state index is 12.4. The predicted octanol–water partition coefficient (Wildman–Crippen LogP) is 8.53. The lowest BCUT2D eigenvalue weighted by Crippen LogP contribution is -2.46. The Morgan fingerprint density at radius 1 is 0.481 bits per heavy atom. The van der Waals surface area contributed by atoms with Crippen molar-refractivity contribution in [2.45, 2.75) is 142 Å². The lowest BCUT2D eigenvalue weighted by molar-refractivity contribution is -0.885. The predicted molar refractivity (Wildman–Crippen MR) is 121 cm³/mol. The molecule has 0 N–H and O–H groups in total. The second-order valence-corrected chi connectivity index (χ2v) is 9.30. The second kappa shape index (κ2) is 18.0. The van der Waals surface area contributed by atoms with E-state index in [1.165, 1.54) is 116 Å². The third kappa shape index (κ3) is 15.5. The Bertz CT molecular complexity index is 299. The summed E-state index contributed by atoms with van der Waals surface area (Å²) in [6.45, 7) is 4.96. The number of piperidine rings is 1. The first-order chi connectivity index (χ1) is 13.3. The number of hydroxylamine groups is 3. The number of hydrogen-bond acceptors (Lipinski definition) is 1. The van der Waals surface area contributed by atoms with E-state index in [4.69, 9.17) is 0 Å². The summed E-state index contributed by atoms with van der Waals surface area (Å²) >= 11 is 0. The van der Waals surface area contributed by atoms with Gasteiger partial charge in [-0.2, -0.15) is 0 Å². The Morgan fingerprint density at radius 2 is 0.815 bits per heavy atom. The van der Waals surface area contributed by atoms with Gasteiger partial charge < -0.3 is 9.85 Å². The van der Waals surface area contributed by atoms with Crippen LogP contribution in [0.1, 0.15) is 142 Å². The molecule has 2 heteroatoms. The molecular formula is C25H51NO. The van der Waals surface area contributed by atoms with Crippen molar-refractivity contribution in [3.8, 4) is 0 Å². The van der Waals surface area contributed by atoms with Crippen LogP contribution in [-0.2, 0) is 0 Å². The topological polar surface area (TPSA) is 23.1 Å². The summed E-state index contributed by atoms with van der Waals surface area (Å²) in [6.07, 6.45) is 29.0. The van der Waals surface area contributed by atoms with Crippen molar-refractivity contribution < 1.29 is 4.65 Å². The van der Waals surface area contributed by atoms with E-state index in [1.54, 1.807) is 0 Å². The fourth-order valence-electron chi connectivity index (χ4n) is 4.61. The van der Waals surface area contributed by atoms with Crippen LogP contribution in [0.2, 0.25) is 0 Å². The van der Waals surface area contributed by atoms with Crippen molar-refractivity contribution in [1.29, 1.82) is 0 Å². The third-order valence-corrected chi connectivity index (χ3v) is 6.55. The molecule has 0 amide bonds. The lowest BCUT2D eigenvalue weighted by atomic mass is 10.0. The number of quaternary nitrogens is 1. The van der Waals surface area contributed by atoms with Gasteiger partial charge in [0.2, 0.25) is 0 Å². The van der Waals surface area contributed by atoms with Gasteiger partial charge in [-0.15, -0.1) is 0 Å². The minimum absolute atomic E-state index is 0.124. The Kier molecular flexibility index (Phi) is 16.6. The maximum Gasteiger partial charge on any atom is 0.0783 e. The molecule has 0 bridgehead atoms. The van der Waals surface area contributed by atoms with Crippen molar-refractivity contribution >= 4 is 0 Å². The molecule has 27 heavy (non-hydrogen) atoms. The van der Waals surface area contributed by atoms with Crippen LogP contribution in [0.15, 0.2) is 0 Å². The monoisotopic (exact) mass is 381 g/mol. The molecule has 0 aromatic rings. The molecule has 1 rings (SSSR count). The van der Waals surface area contributed by atoms with E-state index in [0.717, 1.165) is 38.9 Å². The molecular weight excluding hydrogens is 330 g/mol. The molecule has 162 valence electrons. The summed E-state index contributed by atoms with van der Waals surface area (Å²) in [5.41, 5.74) is 0. The maximum absolute atomic E-state index is 12.4. The molecule has 1 aliphatic rings. The van der Waals surface area contributed by atoms with Gasteiger partial charge in [0.05, 0.1) is 19.6 Å². The van der Waals surface area contributed by atoms with Crippen molar-refractivity contribution in [2.75, 3.05) is 19.6 Å². The highest BCUT2D eigenvalue weighted by Crippen LogP contribution is 2.19. The number of hydrogen-bond donors (Lipinski definition) is 0. The van der Waals surface area contributed by atoms with Gasteiger partial charge in [-0.05, 0) is 32.1 Å². The molecule has 1 saturated heterocycles. The normalized spacial score (nSPS) is 16.7. The van der Waals surface area contributed by atoms with Crippen LogP contribution in [0, 0.1) is 5.21 Å². The smallest absolute Gasteiger partial charge is 0.0783 e. The van der Waals surface area contributed by atoms with Gasteiger partial charge in [0.15, 0.2) is 0 Å². The van der Waals surface area contributed by atoms with E-state index in [2.05, 4.69) is 6.92 Å². The molecule has 1 heterocycles. The molecule has 0 aliphatic carbocycles. The molecule has 0 aromatic carbocycles. The van der Waals surface area contributed by atoms with E-state index in [1.807, 2.05) is 0 Å². The van der Waals surface area contributed by atoms with Gasteiger partial charge in [0, 0.05) is 0 Å². The van der Waals surface area contributed by atoms with Crippen molar-refractivity contribution in [1.82, 2.24) is 0 Å². The van der Waals surface area contributed by atoms with Gasteiger partial charge in [-0.25, -0.2) is 0 Å². The Morgan fingerprint density at radius 3 is 1.19 bits per heavy atom. The van der Waals surface area contributed by atoms with E-state index < -0.39 is 0 Å². The Labute approximate surface area is 171 Å². The minimum atomic E-state index is 0.124. The Hall–Kier alpha value is -0.0800. The van der Waals surface area contributed by atoms with E-state index >= 15 is 0 Å². The van der Waals surface area contributed by atoms with Gasteiger partial charge in [0.1, 0.15) is 0 Å². The molecule has 2 nitrogen and oxygen atoms in total. The zero-order chi connectivity index (χ0) is 19.5. The molecule has 1 fully saturated rings. The molecule has 0 radical (unpaired) electrons. The highest BCUT2D eigenvalue weighted by Gasteiger charge is 2.19. The highest BCUT2D eigenvalue weighted by molar-refractivity contribution is 4.55. The lowest BCUT2D eigenvalue weighted by Gasteiger charge is -2.45. The quantitative estimate of drug-likeness (QED) is 0.125. The summed E-state index contributed by atoms with van der Waals surface area (Å²) in [7, 11) is 0. The summed E-state index contributed by atoms with van der Waals surface area (Å²) in [5.74, 6) is 0. The zero-order valence-corrected chi connectivity index (χ0v) is 18.8. The number of rotatable bonds is 19. The summed E-state index contributed by atoms with van der Waals surface area (Å²) < 4.78 is 0.124. The van der Waals surface area contributed by atoms with Crippen LogP contribution in [0.3, 0.4) is 0 Å². The van der Waals surface area contributed by atoms with Gasteiger partial charge in [0.25, 0.3) is 0 Å². The van der Waals surface area contributed by atoms with Crippen molar-refractivity contribution in [3.63, 3.8) is 0 Å². The molecule has 0 atom stereocenters. The Balaban J connectivity index is 1.70. The first kappa shape index (κ1) is 25.0. The first-order valence-electron chi connectivity index (χ1n) is 12.8. The minimum Gasteiger partial charge on any atom is -0.633 e. The van der Waals surface area contributed by atoms with Crippen molar-refractivity contribution in [3.05, 3.63) is 5.21 Å². The molecule has 0 spiro atoms. The van der Waals surface area contributed by atoms with E-state index in [0.29, 0.717) is 0 Å². The summed E-state index contributed by atoms with van der Waals surface area (Å²) in [5, 5.41) is 12.4. The van der Waals surface area contributed by atoms with Crippen LogP contribution in [0.5, 0.6) is 0 Å². The number of unbranched alkanes of at least 4 members (excludes halogenated alkanes) is 17. The van der Waals surface area contributed by atoms with Gasteiger partial charge in [-0.1, -0.05) is 110 Å². The fraction of sp³-hybridized carbons (Fsp3) is 1.00. The second-order valence-electron chi connectivity index (χ2n) is 9.30. The van der Waals surface area contributed by atoms with Crippen molar-refractivity contribution in [2.24, 2.45) is 0 Å². The van der Waals surface area contributed by atoms with Crippen LogP contribution in [-0.4, -0.2) is 24.3 Å². The largest absolute Gasteiger partial charge is 0.633 e. The fourth-order valence-corrected chi connectivity index (χ4v) is 4.61. The van der Waals surface area contributed by atoms with Crippen LogP contribution in [0.4, 0.5) is 0 Å². The average molecular weight is 382 g/mol. The van der Waals surface area contributed by atoms with E-state index in [9.17, 15) is 5.21 Å². The first-order valence-corrected chi connectivity index (χ1v) is 12.8. The third-order valence-electron chi connectivity index (χ3n) is 6.55. The standard InChI is InChI=1S/C25H51NO/c1-2-3-4-5-6-7-8-9-10-11-12-13-14-15-16-17-18-20-23-26(27)24-21-19-22-25-26/h2-25H2,1H3. The average Bonchev–Trinajstić information content (AvgIpc) is 2.67. The van der Waals surface area contributed by atoms with E-state index in [-0.39, 0.29) is 4.65 Å². The number of nitrogens with zero attached hydrogens (tertiary/aromatic N) is 1. The van der Waals surface area contributed by atoms with Crippen LogP contribution in [0.25, 0.3) is 0 Å². The SMILES string of the molecule is CCCCCCCCCCCCCCCCCCCC[N+]1([O-])CCCCC1. The van der Waals surface area contributed by atoms with Gasteiger partial charge >= 0.3 is 0 Å². The summed E-state index contributed by atoms with van der Waals surface area (Å²) in [4.78, 5) is 0. The zero-order valence-electron chi connectivity index (χ0n) is 18.8. The van der Waals surface area contributed by atoms with Crippen LogP contribution >= 0.6 is 0 Å². The molecule has 0 aromatic heterocycles.